The van der Waals surface area contributed by atoms with Crippen molar-refractivity contribution in [2.75, 3.05) is 11.1 Å². The van der Waals surface area contributed by atoms with Gasteiger partial charge >= 0.3 is 0 Å². The molecule has 2 unspecified atom stereocenters. The Kier molecular flexibility index (Phi) is 3.87. The van der Waals surface area contributed by atoms with Crippen molar-refractivity contribution in [2.45, 2.75) is 31.6 Å². The first kappa shape index (κ1) is 13.4. The molecular weight excluding hydrogens is 268 g/mol. The maximum absolute atomic E-state index is 4.50. The first-order valence-corrected chi connectivity index (χ1v) is 7.92. The number of pyridine rings is 1. The number of anilines is 1. The van der Waals surface area contributed by atoms with Crippen LogP contribution in [-0.4, -0.2) is 32.0 Å². The summed E-state index contributed by atoms with van der Waals surface area (Å²) in [6, 6.07) is 8.34. The van der Waals surface area contributed by atoms with Crippen LogP contribution in [0.25, 0.3) is 11.4 Å². The van der Waals surface area contributed by atoms with E-state index in [1.807, 2.05) is 43.0 Å². The molecule has 1 aliphatic heterocycles. The van der Waals surface area contributed by atoms with Gasteiger partial charge in [-0.1, -0.05) is 13.0 Å². The summed E-state index contributed by atoms with van der Waals surface area (Å²) in [6.45, 7) is 4.19. The molecule has 2 atom stereocenters. The number of nitrogens with one attached hydrogen (secondary N) is 1. The fourth-order valence-corrected chi connectivity index (χ4v) is 3.60. The van der Waals surface area contributed by atoms with E-state index in [0.717, 1.165) is 23.0 Å². The monoisotopic (exact) mass is 286 g/mol. The second-order valence-corrected chi connectivity index (χ2v) is 6.50. The van der Waals surface area contributed by atoms with Crippen molar-refractivity contribution in [2.24, 2.45) is 0 Å². The quantitative estimate of drug-likeness (QED) is 0.939. The second kappa shape index (κ2) is 5.79. The Morgan fingerprint density at radius 3 is 2.85 bits per heavy atom. The van der Waals surface area contributed by atoms with E-state index in [-0.39, 0.29) is 0 Å². The molecule has 5 heteroatoms. The van der Waals surface area contributed by atoms with Crippen molar-refractivity contribution in [3.63, 3.8) is 0 Å². The smallest absolute Gasteiger partial charge is 0.130 e. The van der Waals surface area contributed by atoms with Crippen molar-refractivity contribution in [3.05, 3.63) is 36.3 Å². The summed E-state index contributed by atoms with van der Waals surface area (Å²) in [7, 11) is 0. The largest absolute Gasteiger partial charge is 0.366 e. The molecule has 2 aromatic heterocycles. The Hall–Kier alpha value is -1.62. The lowest BCUT2D eigenvalue weighted by Crippen LogP contribution is -2.25. The number of hydrogen-bond acceptors (Lipinski definition) is 5. The molecule has 20 heavy (non-hydrogen) atoms. The van der Waals surface area contributed by atoms with Crippen LogP contribution >= 0.6 is 11.8 Å². The van der Waals surface area contributed by atoms with E-state index in [2.05, 4.69) is 27.2 Å². The molecule has 0 aliphatic carbocycles. The van der Waals surface area contributed by atoms with Gasteiger partial charge in [-0.2, -0.15) is 11.8 Å². The van der Waals surface area contributed by atoms with Crippen LogP contribution in [-0.2, 0) is 0 Å². The summed E-state index contributed by atoms with van der Waals surface area (Å²) in [6.07, 6.45) is 2.98. The standard InChI is InChI=1S/C15H18N4S/c1-10-12(6-8-20-10)19-15-9-14(17-11(2)18-15)13-5-3-4-7-16-13/h3-5,7,9-10,12H,6,8H2,1-2H3,(H,17,18,19). The van der Waals surface area contributed by atoms with Crippen molar-refractivity contribution in [3.8, 4) is 11.4 Å². The van der Waals surface area contributed by atoms with Crippen LogP contribution in [0.3, 0.4) is 0 Å². The molecule has 1 saturated heterocycles. The number of rotatable bonds is 3. The highest BCUT2D eigenvalue weighted by Crippen LogP contribution is 2.29. The fraction of sp³-hybridized carbons (Fsp3) is 0.400. The van der Waals surface area contributed by atoms with E-state index in [9.17, 15) is 0 Å². The van der Waals surface area contributed by atoms with Crippen molar-refractivity contribution < 1.29 is 0 Å². The molecule has 1 aliphatic rings. The van der Waals surface area contributed by atoms with Gasteiger partial charge in [0.25, 0.3) is 0 Å². The number of aryl methyl sites for hydroxylation is 1. The number of hydrogen-bond donors (Lipinski definition) is 1. The Bertz CT molecular complexity index is 588. The molecule has 0 spiro atoms. The molecule has 1 N–H and O–H groups in total. The second-order valence-electron chi connectivity index (χ2n) is 5.02. The molecular formula is C15H18N4S. The van der Waals surface area contributed by atoms with Gasteiger partial charge in [-0.3, -0.25) is 4.98 Å². The minimum absolute atomic E-state index is 0.492. The predicted molar refractivity (Wildman–Crippen MR) is 83.9 cm³/mol. The summed E-state index contributed by atoms with van der Waals surface area (Å²) in [5.41, 5.74) is 1.76. The first-order valence-electron chi connectivity index (χ1n) is 6.87. The normalized spacial score (nSPS) is 21.9. The van der Waals surface area contributed by atoms with Gasteiger partial charge < -0.3 is 5.32 Å². The lowest BCUT2D eigenvalue weighted by Gasteiger charge is -2.17. The summed E-state index contributed by atoms with van der Waals surface area (Å²) >= 11 is 2.01. The molecule has 0 amide bonds. The summed E-state index contributed by atoms with van der Waals surface area (Å²) in [5, 5.41) is 4.17. The number of thioether (sulfide) groups is 1. The third-order valence-corrected chi connectivity index (χ3v) is 4.80. The average molecular weight is 286 g/mol. The lowest BCUT2D eigenvalue weighted by atomic mass is 10.1. The van der Waals surface area contributed by atoms with Gasteiger partial charge in [0.15, 0.2) is 0 Å². The van der Waals surface area contributed by atoms with Crippen LogP contribution in [0, 0.1) is 6.92 Å². The van der Waals surface area contributed by atoms with Crippen molar-refractivity contribution in [1.29, 1.82) is 0 Å². The highest BCUT2D eigenvalue weighted by atomic mass is 32.2. The Morgan fingerprint density at radius 2 is 2.15 bits per heavy atom. The molecule has 0 bridgehead atoms. The van der Waals surface area contributed by atoms with E-state index in [1.54, 1.807) is 6.20 Å². The molecule has 104 valence electrons. The SMILES string of the molecule is Cc1nc(NC2CCSC2C)cc(-c2ccccn2)n1. The number of nitrogens with zero attached hydrogens (tertiary/aromatic N) is 3. The molecule has 0 aromatic carbocycles. The topological polar surface area (TPSA) is 50.7 Å². The van der Waals surface area contributed by atoms with Crippen LogP contribution in [0.1, 0.15) is 19.2 Å². The molecule has 2 aromatic rings. The van der Waals surface area contributed by atoms with E-state index in [4.69, 9.17) is 0 Å². The van der Waals surface area contributed by atoms with E-state index < -0.39 is 0 Å². The Balaban J connectivity index is 1.87. The van der Waals surface area contributed by atoms with E-state index >= 15 is 0 Å². The fourth-order valence-electron chi connectivity index (χ4n) is 2.40. The Labute approximate surface area is 123 Å². The molecule has 0 saturated carbocycles. The number of aromatic nitrogens is 3. The van der Waals surface area contributed by atoms with Gasteiger partial charge in [0.2, 0.25) is 0 Å². The highest BCUT2D eigenvalue weighted by molar-refractivity contribution is 8.00. The minimum Gasteiger partial charge on any atom is -0.366 e. The zero-order chi connectivity index (χ0) is 13.9. The van der Waals surface area contributed by atoms with E-state index in [0.29, 0.717) is 11.3 Å². The van der Waals surface area contributed by atoms with Gasteiger partial charge in [0.1, 0.15) is 11.6 Å². The van der Waals surface area contributed by atoms with Crippen LogP contribution in [0.2, 0.25) is 0 Å². The summed E-state index contributed by atoms with van der Waals surface area (Å²) in [4.78, 5) is 13.3. The molecule has 3 rings (SSSR count). The summed E-state index contributed by atoms with van der Waals surface area (Å²) in [5.74, 6) is 2.89. The zero-order valence-electron chi connectivity index (χ0n) is 11.7. The third-order valence-electron chi connectivity index (χ3n) is 3.47. The first-order chi connectivity index (χ1) is 9.72. The van der Waals surface area contributed by atoms with Gasteiger partial charge in [-0.05, 0) is 31.2 Å². The minimum atomic E-state index is 0.492. The van der Waals surface area contributed by atoms with Crippen LogP contribution in [0.15, 0.2) is 30.5 Å². The average Bonchev–Trinajstić information content (AvgIpc) is 2.85. The lowest BCUT2D eigenvalue weighted by molar-refractivity contribution is 0.719. The Morgan fingerprint density at radius 1 is 1.25 bits per heavy atom. The highest BCUT2D eigenvalue weighted by Gasteiger charge is 2.24. The van der Waals surface area contributed by atoms with Gasteiger partial charge in [0, 0.05) is 23.6 Å². The van der Waals surface area contributed by atoms with Crippen molar-refractivity contribution >= 4 is 17.6 Å². The van der Waals surface area contributed by atoms with Crippen LogP contribution in [0.5, 0.6) is 0 Å². The van der Waals surface area contributed by atoms with Gasteiger partial charge in [-0.25, -0.2) is 9.97 Å². The molecule has 0 radical (unpaired) electrons. The zero-order valence-corrected chi connectivity index (χ0v) is 12.5. The van der Waals surface area contributed by atoms with Crippen molar-refractivity contribution in [1.82, 2.24) is 15.0 Å². The maximum atomic E-state index is 4.50. The molecule has 1 fully saturated rings. The molecule has 4 nitrogen and oxygen atoms in total. The maximum Gasteiger partial charge on any atom is 0.130 e. The third kappa shape index (κ3) is 2.93. The van der Waals surface area contributed by atoms with Gasteiger partial charge in [0.05, 0.1) is 11.4 Å². The van der Waals surface area contributed by atoms with Gasteiger partial charge in [-0.15, -0.1) is 0 Å². The van der Waals surface area contributed by atoms with Crippen LogP contribution < -0.4 is 5.32 Å². The molecule has 3 heterocycles. The summed E-state index contributed by atoms with van der Waals surface area (Å²) < 4.78 is 0. The van der Waals surface area contributed by atoms with E-state index in [1.165, 1.54) is 12.2 Å². The predicted octanol–water partition coefficient (Wildman–Crippen LogP) is 3.15. The van der Waals surface area contributed by atoms with Crippen LogP contribution in [0.4, 0.5) is 5.82 Å².